The topological polar surface area (TPSA) is 49.4 Å². The van der Waals surface area contributed by atoms with Crippen LogP contribution in [0.4, 0.5) is 0 Å². The first-order chi connectivity index (χ1) is 7.19. The highest BCUT2D eigenvalue weighted by Crippen LogP contribution is 2.36. The van der Waals surface area contributed by atoms with E-state index >= 15 is 0 Å². The van der Waals surface area contributed by atoms with Gasteiger partial charge in [-0.3, -0.25) is 0 Å². The predicted octanol–water partition coefficient (Wildman–Crippen LogP) is 0.162. The monoisotopic (exact) mass is 230 g/mol. The number of piperidine rings is 1. The summed E-state index contributed by atoms with van der Waals surface area (Å²) in [5.74, 6) is 0.562. The fraction of sp³-hybridized carbons (Fsp3) is 1.00. The molecule has 3 fully saturated rings. The van der Waals surface area contributed by atoms with Gasteiger partial charge in [0.25, 0.3) is 0 Å². The predicted molar refractivity (Wildman–Crippen MR) is 58.0 cm³/mol. The SMILES string of the molecule is O=S(=O)(C1CC1)N1CCCC2CNCC21. The second-order valence-corrected chi connectivity index (χ2v) is 7.15. The lowest BCUT2D eigenvalue weighted by Crippen LogP contribution is -2.49. The smallest absolute Gasteiger partial charge is 0.217 e. The molecule has 15 heavy (non-hydrogen) atoms. The van der Waals surface area contributed by atoms with Crippen LogP contribution in [0.5, 0.6) is 0 Å². The Hall–Kier alpha value is -0.130. The summed E-state index contributed by atoms with van der Waals surface area (Å²) in [5, 5.41) is 3.27. The molecule has 3 rings (SSSR count). The van der Waals surface area contributed by atoms with Crippen LogP contribution in [0.2, 0.25) is 0 Å². The van der Waals surface area contributed by atoms with Gasteiger partial charge in [0.2, 0.25) is 10.0 Å². The van der Waals surface area contributed by atoms with E-state index < -0.39 is 10.0 Å². The first-order valence-corrected chi connectivity index (χ1v) is 7.41. The van der Waals surface area contributed by atoms with E-state index in [-0.39, 0.29) is 11.3 Å². The second-order valence-electron chi connectivity index (χ2n) is 4.98. The molecule has 2 heterocycles. The molecule has 0 radical (unpaired) electrons. The standard InChI is InChI=1S/C10H18N2O2S/c13-15(14,9-3-4-9)12-5-1-2-8-6-11-7-10(8)12/h8-11H,1-7H2. The van der Waals surface area contributed by atoms with Crippen molar-refractivity contribution in [1.82, 2.24) is 9.62 Å². The first-order valence-electron chi connectivity index (χ1n) is 5.91. The lowest BCUT2D eigenvalue weighted by atomic mass is 9.94. The van der Waals surface area contributed by atoms with Crippen molar-refractivity contribution in [3.05, 3.63) is 0 Å². The molecule has 0 aromatic carbocycles. The molecule has 0 amide bonds. The molecule has 2 saturated heterocycles. The number of hydrogen-bond donors (Lipinski definition) is 1. The van der Waals surface area contributed by atoms with Crippen LogP contribution in [0.1, 0.15) is 25.7 Å². The fourth-order valence-corrected chi connectivity index (χ4v) is 5.02. The van der Waals surface area contributed by atoms with Gasteiger partial charge < -0.3 is 5.32 Å². The quantitative estimate of drug-likeness (QED) is 0.735. The van der Waals surface area contributed by atoms with Crippen LogP contribution in [0.15, 0.2) is 0 Å². The van der Waals surface area contributed by atoms with E-state index in [9.17, 15) is 8.42 Å². The molecule has 2 atom stereocenters. The van der Waals surface area contributed by atoms with Crippen LogP contribution >= 0.6 is 0 Å². The van der Waals surface area contributed by atoms with Crippen LogP contribution in [-0.4, -0.2) is 43.6 Å². The van der Waals surface area contributed by atoms with Gasteiger partial charge in [-0.15, -0.1) is 0 Å². The van der Waals surface area contributed by atoms with Gasteiger partial charge in [0.1, 0.15) is 0 Å². The van der Waals surface area contributed by atoms with Crippen molar-refractivity contribution in [3.63, 3.8) is 0 Å². The lowest BCUT2D eigenvalue weighted by Gasteiger charge is -2.36. The van der Waals surface area contributed by atoms with Gasteiger partial charge >= 0.3 is 0 Å². The fourth-order valence-electron chi connectivity index (χ4n) is 2.90. The number of nitrogens with one attached hydrogen (secondary N) is 1. The summed E-state index contributed by atoms with van der Waals surface area (Å²) in [5.41, 5.74) is 0. The summed E-state index contributed by atoms with van der Waals surface area (Å²) < 4.78 is 26.2. The van der Waals surface area contributed by atoms with Gasteiger partial charge in [-0.1, -0.05) is 0 Å². The molecule has 3 aliphatic rings. The van der Waals surface area contributed by atoms with Crippen molar-refractivity contribution in [2.24, 2.45) is 5.92 Å². The molecule has 0 aromatic heterocycles. The Morgan fingerprint density at radius 3 is 2.67 bits per heavy atom. The van der Waals surface area contributed by atoms with E-state index in [2.05, 4.69) is 5.32 Å². The van der Waals surface area contributed by atoms with E-state index in [0.29, 0.717) is 5.92 Å². The zero-order valence-electron chi connectivity index (χ0n) is 8.85. The maximum Gasteiger partial charge on any atom is 0.217 e. The Balaban J connectivity index is 1.84. The van der Waals surface area contributed by atoms with Crippen LogP contribution in [0, 0.1) is 5.92 Å². The number of nitrogens with zero attached hydrogens (tertiary/aromatic N) is 1. The molecule has 1 saturated carbocycles. The van der Waals surface area contributed by atoms with Crippen LogP contribution < -0.4 is 5.32 Å². The molecule has 0 aromatic rings. The van der Waals surface area contributed by atoms with Crippen molar-refractivity contribution in [3.8, 4) is 0 Å². The molecule has 0 spiro atoms. The highest BCUT2D eigenvalue weighted by atomic mass is 32.2. The minimum absolute atomic E-state index is 0.0446. The first kappa shape index (κ1) is 10.1. The normalized spacial score (nSPS) is 37.9. The molecule has 4 nitrogen and oxygen atoms in total. The van der Waals surface area contributed by atoms with Crippen molar-refractivity contribution in [2.75, 3.05) is 19.6 Å². The average molecular weight is 230 g/mol. The molecule has 2 unspecified atom stereocenters. The second kappa shape index (κ2) is 3.43. The van der Waals surface area contributed by atoms with Crippen LogP contribution in [-0.2, 0) is 10.0 Å². The average Bonchev–Trinajstić information content (AvgIpc) is 2.97. The molecule has 0 bridgehead atoms. The molecular formula is C10H18N2O2S. The third-order valence-corrected chi connectivity index (χ3v) is 6.32. The third-order valence-electron chi connectivity index (χ3n) is 3.90. The minimum atomic E-state index is -2.95. The van der Waals surface area contributed by atoms with Gasteiger partial charge in [-0.25, -0.2) is 8.42 Å². The van der Waals surface area contributed by atoms with Crippen LogP contribution in [0.25, 0.3) is 0 Å². The summed E-state index contributed by atoms with van der Waals surface area (Å²) in [6, 6.07) is 0.254. The summed E-state index contributed by atoms with van der Waals surface area (Å²) >= 11 is 0. The van der Waals surface area contributed by atoms with E-state index in [1.165, 1.54) is 6.42 Å². The van der Waals surface area contributed by atoms with E-state index in [4.69, 9.17) is 0 Å². The van der Waals surface area contributed by atoms with Crippen LogP contribution in [0.3, 0.4) is 0 Å². The van der Waals surface area contributed by atoms with Gasteiger partial charge in [0.05, 0.1) is 5.25 Å². The number of fused-ring (bicyclic) bond motifs is 1. The Morgan fingerprint density at radius 2 is 1.93 bits per heavy atom. The summed E-state index contributed by atoms with van der Waals surface area (Å²) in [6.45, 7) is 2.61. The zero-order valence-corrected chi connectivity index (χ0v) is 9.67. The lowest BCUT2D eigenvalue weighted by molar-refractivity contribution is 0.217. The Kier molecular flexibility index (Phi) is 2.30. The summed E-state index contributed by atoms with van der Waals surface area (Å²) in [4.78, 5) is 0. The highest BCUT2D eigenvalue weighted by Gasteiger charge is 2.46. The Labute approximate surface area is 91.1 Å². The van der Waals surface area contributed by atoms with Gasteiger partial charge in [-0.05, 0) is 38.1 Å². The molecular weight excluding hydrogens is 212 g/mol. The molecule has 2 aliphatic heterocycles. The Bertz CT molecular complexity index is 350. The molecule has 86 valence electrons. The molecule has 1 aliphatic carbocycles. The van der Waals surface area contributed by atoms with E-state index in [1.807, 2.05) is 0 Å². The molecule has 5 heteroatoms. The van der Waals surface area contributed by atoms with Gasteiger partial charge in [0, 0.05) is 19.1 Å². The summed E-state index contributed by atoms with van der Waals surface area (Å²) in [7, 11) is -2.95. The largest absolute Gasteiger partial charge is 0.315 e. The third kappa shape index (κ3) is 1.61. The van der Waals surface area contributed by atoms with E-state index in [0.717, 1.165) is 38.9 Å². The maximum absolute atomic E-state index is 12.2. The van der Waals surface area contributed by atoms with Crippen molar-refractivity contribution in [2.45, 2.75) is 37.0 Å². The van der Waals surface area contributed by atoms with Crippen molar-refractivity contribution >= 4 is 10.0 Å². The van der Waals surface area contributed by atoms with Gasteiger partial charge in [-0.2, -0.15) is 4.31 Å². The highest BCUT2D eigenvalue weighted by molar-refractivity contribution is 7.90. The zero-order chi connectivity index (χ0) is 10.5. The maximum atomic E-state index is 12.2. The summed E-state index contributed by atoms with van der Waals surface area (Å²) in [6.07, 6.45) is 3.98. The van der Waals surface area contributed by atoms with E-state index in [1.54, 1.807) is 4.31 Å². The number of sulfonamides is 1. The number of hydrogen-bond acceptors (Lipinski definition) is 3. The Morgan fingerprint density at radius 1 is 1.13 bits per heavy atom. The van der Waals surface area contributed by atoms with Crippen molar-refractivity contribution in [1.29, 1.82) is 0 Å². The van der Waals surface area contributed by atoms with Gasteiger partial charge in [0.15, 0.2) is 0 Å². The molecule has 1 N–H and O–H groups in total. The number of rotatable bonds is 2. The minimum Gasteiger partial charge on any atom is -0.315 e. The van der Waals surface area contributed by atoms with Crippen molar-refractivity contribution < 1.29 is 8.42 Å².